The summed E-state index contributed by atoms with van der Waals surface area (Å²) in [6, 6.07) is 0. The Morgan fingerprint density at radius 2 is 2.11 bits per heavy atom. The van der Waals surface area contributed by atoms with Crippen molar-refractivity contribution in [2.24, 2.45) is 11.3 Å². The van der Waals surface area contributed by atoms with Crippen molar-refractivity contribution in [2.45, 2.75) is 46.6 Å². The van der Waals surface area contributed by atoms with E-state index in [0.717, 1.165) is 6.54 Å². The molecule has 4 heteroatoms. The predicted molar refractivity (Wildman–Crippen MR) is 73.9 cm³/mol. The molecule has 0 radical (unpaired) electrons. The number of nitrogens with zero attached hydrogens (tertiary/aromatic N) is 2. The average Bonchev–Trinajstić information content (AvgIpc) is 2.83. The Kier molecular flexibility index (Phi) is 2.99. The van der Waals surface area contributed by atoms with E-state index in [-0.39, 0.29) is 11.1 Å². The summed E-state index contributed by atoms with van der Waals surface area (Å²) in [7, 11) is 0. The Morgan fingerprint density at radius 3 is 2.61 bits per heavy atom. The molecular formula is C14H23N3O. The molecule has 1 aromatic heterocycles. The lowest BCUT2D eigenvalue weighted by Crippen LogP contribution is -2.35. The fourth-order valence-corrected chi connectivity index (χ4v) is 2.21. The molecule has 1 fully saturated rings. The molecule has 0 spiro atoms. The van der Waals surface area contributed by atoms with Crippen molar-refractivity contribution in [1.29, 1.82) is 0 Å². The maximum absolute atomic E-state index is 12.2. The molecule has 1 N–H and O–H groups in total. The van der Waals surface area contributed by atoms with E-state index < -0.39 is 0 Å². The van der Waals surface area contributed by atoms with E-state index in [2.05, 4.69) is 24.1 Å². The molecular weight excluding hydrogens is 226 g/mol. The topological polar surface area (TPSA) is 46.9 Å². The maximum Gasteiger partial charge on any atom is 0.293 e. The van der Waals surface area contributed by atoms with Crippen LogP contribution in [0.4, 0.5) is 5.82 Å². The van der Waals surface area contributed by atoms with Crippen molar-refractivity contribution in [2.75, 3.05) is 11.9 Å². The summed E-state index contributed by atoms with van der Waals surface area (Å²) in [6.07, 6.45) is 4.65. The second-order valence-electron chi connectivity index (χ2n) is 6.89. The van der Waals surface area contributed by atoms with Crippen molar-refractivity contribution in [3.05, 3.63) is 22.7 Å². The first-order valence-corrected chi connectivity index (χ1v) is 6.54. The van der Waals surface area contributed by atoms with Crippen molar-refractivity contribution >= 4 is 5.82 Å². The third-order valence-corrected chi connectivity index (χ3v) is 3.80. The molecule has 0 amide bonds. The van der Waals surface area contributed by atoms with E-state index in [9.17, 15) is 4.79 Å². The van der Waals surface area contributed by atoms with Gasteiger partial charge in [0.25, 0.3) is 5.56 Å². The largest absolute Gasteiger partial charge is 0.365 e. The van der Waals surface area contributed by atoms with Crippen molar-refractivity contribution in [1.82, 2.24) is 9.55 Å². The van der Waals surface area contributed by atoms with Crippen LogP contribution in [0.15, 0.2) is 17.2 Å². The maximum atomic E-state index is 12.2. The molecule has 0 aliphatic heterocycles. The molecule has 0 saturated heterocycles. The Balaban J connectivity index is 2.12. The number of anilines is 1. The molecule has 100 valence electrons. The first-order valence-electron chi connectivity index (χ1n) is 6.54. The summed E-state index contributed by atoms with van der Waals surface area (Å²) in [5.41, 5.74) is 0.170. The van der Waals surface area contributed by atoms with Gasteiger partial charge in [0.2, 0.25) is 0 Å². The van der Waals surface area contributed by atoms with E-state index in [1.807, 2.05) is 20.8 Å². The van der Waals surface area contributed by atoms with Gasteiger partial charge < -0.3 is 9.88 Å². The van der Waals surface area contributed by atoms with Crippen LogP contribution in [0.1, 0.15) is 41.0 Å². The predicted octanol–water partition coefficient (Wildman–Crippen LogP) is 2.46. The van der Waals surface area contributed by atoms with E-state index in [0.29, 0.717) is 17.2 Å². The number of hydrogen-bond donors (Lipinski definition) is 1. The summed E-state index contributed by atoms with van der Waals surface area (Å²) in [4.78, 5) is 16.4. The molecule has 1 saturated carbocycles. The normalized spacial score (nSPS) is 21.7. The lowest BCUT2D eigenvalue weighted by molar-refractivity contribution is 0.383. The number of nitrogens with one attached hydrogen (secondary N) is 1. The zero-order chi connectivity index (χ0) is 13.6. The lowest BCUT2D eigenvalue weighted by Gasteiger charge is -2.22. The number of rotatable bonds is 3. The van der Waals surface area contributed by atoms with Gasteiger partial charge in [0.1, 0.15) is 0 Å². The van der Waals surface area contributed by atoms with Gasteiger partial charge in [-0.2, -0.15) is 0 Å². The van der Waals surface area contributed by atoms with Crippen LogP contribution in [-0.4, -0.2) is 16.1 Å². The van der Waals surface area contributed by atoms with Gasteiger partial charge in [-0.15, -0.1) is 0 Å². The zero-order valence-electron chi connectivity index (χ0n) is 11.9. The smallest absolute Gasteiger partial charge is 0.293 e. The highest BCUT2D eigenvalue weighted by molar-refractivity contribution is 5.32. The Bertz CT molecular complexity index is 496. The Morgan fingerprint density at radius 1 is 1.50 bits per heavy atom. The van der Waals surface area contributed by atoms with Crippen LogP contribution in [0.2, 0.25) is 0 Å². The molecule has 4 nitrogen and oxygen atoms in total. The fraction of sp³-hybridized carbons (Fsp3) is 0.714. The summed E-state index contributed by atoms with van der Waals surface area (Å²) in [5.74, 6) is 1.12. The highest BCUT2D eigenvalue weighted by Crippen LogP contribution is 2.51. The molecule has 0 aromatic carbocycles. The highest BCUT2D eigenvalue weighted by atomic mass is 16.1. The van der Waals surface area contributed by atoms with E-state index in [1.165, 1.54) is 6.42 Å². The first-order chi connectivity index (χ1) is 8.22. The molecule has 2 rings (SSSR count). The van der Waals surface area contributed by atoms with Gasteiger partial charge in [-0.05, 0) is 38.5 Å². The summed E-state index contributed by atoms with van der Waals surface area (Å²) < 4.78 is 1.72. The highest BCUT2D eigenvalue weighted by Gasteiger charge is 2.45. The minimum atomic E-state index is -0.213. The molecule has 18 heavy (non-hydrogen) atoms. The van der Waals surface area contributed by atoms with Gasteiger partial charge in [-0.1, -0.05) is 13.8 Å². The van der Waals surface area contributed by atoms with Crippen molar-refractivity contribution in [3.63, 3.8) is 0 Å². The average molecular weight is 249 g/mol. The SMILES string of the molecule is CC1(C)CC1CNc1nccn(C(C)(C)C)c1=O. The third-order valence-electron chi connectivity index (χ3n) is 3.80. The van der Waals surface area contributed by atoms with Gasteiger partial charge >= 0.3 is 0 Å². The standard InChI is InChI=1S/C14H23N3O/c1-13(2,3)17-7-6-15-11(12(17)18)16-9-10-8-14(10,4)5/h6-7,10H,8-9H2,1-5H3,(H,15,16). The van der Waals surface area contributed by atoms with Gasteiger partial charge in [0, 0.05) is 24.5 Å². The summed E-state index contributed by atoms with van der Waals surface area (Å²) in [6.45, 7) is 11.4. The van der Waals surface area contributed by atoms with Gasteiger partial charge in [0.05, 0.1) is 0 Å². The van der Waals surface area contributed by atoms with Crippen LogP contribution < -0.4 is 10.9 Å². The minimum absolute atomic E-state index is 0.0385. The molecule has 1 atom stereocenters. The Labute approximate surface area is 108 Å². The zero-order valence-corrected chi connectivity index (χ0v) is 11.9. The fourth-order valence-electron chi connectivity index (χ4n) is 2.21. The quantitative estimate of drug-likeness (QED) is 0.895. The first kappa shape index (κ1) is 13.1. The molecule has 1 aliphatic rings. The van der Waals surface area contributed by atoms with Crippen molar-refractivity contribution in [3.8, 4) is 0 Å². The van der Waals surface area contributed by atoms with Crippen LogP contribution in [0.25, 0.3) is 0 Å². The molecule has 1 aliphatic carbocycles. The number of hydrogen-bond acceptors (Lipinski definition) is 3. The van der Waals surface area contributed by atoms with Crippen LogP contribution >= 0.6 is 0 Å². The Hall–Kier alpha value is -1.32. The van der Waals surface area contributed by atoms with E-state index >= 15 is 0 Å². The van der Waals surface area contributed by atoms with Crippen molar-refractivity contribution < 1.29 is 0 Å². The molecule has 0 bridgehead atoms. The molecule has 1 unspecified atom stereocenters. The second kappa shape index (κ2) is 4.11. The van der Waals surface area contributed by atoms with Crippen LogP contribution in [-0.2, 0) is 5.54 Å². The summed E-state index contributed by atoms with van der Waals surface area (Å²) >= 11 is 0. The second-order valence-corrected chi connectivity index (χ2v) is 6.89. The van der Waals surface area contributed by atoms with Crippen LogP contribution in [0.3, 0.4) is 0 Å². The monoisotopic (exact) mass is 249 g/mol. The minimum Gasteiger partial charge on any atom is -0.365 e. The van der Waals surface area contributed by atoms with Gasteiger partial charge in [0.15, 0.2) is 5.82 Å². The van der Waals surface area contributed by atoms with E-state index in [4.69, 9.17) is 0 Å². The molecule has 1 aromatic rings. The van der Waals surface area contributed by atoms with Crippen LogP contribution in [0, 0.1) is 11.3 Å². The van der Waals surface area contributed by atoms with Gasteiger partial charge in [-0.3, -0.25) is 4.79 Å². The number of aromatic nitrogens is 2. The third kappa shape index (κ3) is 2.57. The van der Waals surface area contributed by atoms with Gasteiger partial charge in [-0.25, -0.2) is 4.98 Å². The lowest BCUT2D eigenvalue weighted by atomic mass is 10.1. The van der Waals surface area contributed by atoms with E-state index in [1.54, 1.807) is 17.0 Å². The van der Waals surface area contributed by atoms with Crippen LogP contribution in [0.5, 0.6) is 0 Å². The summed E-state index contributed by atoms with van der Waals surface area (Å²) in [5, 5.41) is 3.20. The molecule has 1 heterocycles.